The number of imidazole rings is 1. The fourth-order valence-corrected chi connectivity index (χ4v) is 1.78. The lowest BCUT2D eigenvalue weighted by Gasteiger charge is -2.15. The zero-order valence-corrected chi connectivity index (χ0v) is 10.5. The van der Waals surface area contributed by atoms with Crippen LogP contribution in [0.3, 0.4) is 0 Å². The van der Waals surface area contributed by atoms with Crippen LogP contribution >= 0.6 is 0 Å². The van der Waals surface area contributed by atoms with Gasteiger partial charge in [-0.2, -0.15) is 0 Å². The Morgan fingerprint density at radius 3 is 2.76 bits per heavy atom. The minimum Gasteiger partial charge on any atom is -0.378 e. The van der Waals surface area contributed by atoms with E-state index < -0.39 is 0 Å². The lowest BCUT2D eigenvalue weighted by atomic mass is 10.2. The smallest absolute Gasteiger partial charge is 0.0994 e. The van der Waals surface area contributed by atoms with Gasteiger partial charge in [-0.15, -0.1) is 0 Å². The van der Waals surface area contributed by atoms with Gasteiger partial charge < -0.3 is 15.2 Å². The molecule has 1 atom stereocenters. The van der Waals surface area contributed by atoms with Gasteiger partial charge >= 0.3 is 0 Å². The summed E-state index contributed by atoms with van der Waals surface area (Å²) in [5.74, 6) is 0. The molecule has 0 saturated carbocycles. The third-order valence-electron chi connectivity index (χ3n) is 2.76. The highest BCUT2D eigenvalue weighted by molar-refractivity contribution is 5.52. The molecule has 2 N–H and O–H groups in total. The third kappa shape index (κ3) is 2.31. The summed E-state index contributed by atoms with van der Waals surface area (Å²) in [6.07, 6.45) is 3.61. The van der Waals surface area contributed by atoms with Crippen LogP contribution in [0.4, 0.5) is 5.69 Å². The number of hydrogen-bond acceptors (Lipinski definition) is 3. The largest absolute Gasteiger partial charge is 0.378 e. The number of nitrogens with zero attached hydrogens (tertiary/aromatic N) is 3. The summed E-state index contributed by atoms with van der Waals surface area (Å²) >= 11 is 0. The average molecular weight is 230 g/mol. The molecule has 0 radical (unpaired) electrons. The number of anilines is 1. The van der Waals surface area contributed by atoms with Crippen molar-refractivity contribution in [1.82, 2.24) is 9.55 Å². The van der Waals surface area contributed by atoms with E-state index in [2.05, 4.69) is 28.1 Å². The van der Waals surface area contributed by atoms with Crippen LogP contribution in [0.1, 0.15) is 18.7 Å². The Hall–Kier alpha value is -1.81. The normalized spacial score (nSPS) is 12.5. The number of hydrogen-bond donors (Lipinski definition) is 1. The van der Waals surface area contributed by atoms with Gasteiger partial charge in [0.15, 0.2) is 0 Å². The Labute approximate surface area is 102 Å². The molecule has 0 aliphatic heterocycles. The second-order valence-electron chi connectivity index (χ2n) is 4.39. The second-order valence-corrected chi connectivity index (χ2v) is 4.39. The molecule has 90 valence electrons. The van der Waals surface area contributed by atoms with Crippen molar-refractivity contribution in [3.8, 4) is 5.69 Å². The van der Waals surface area contributed by atoms with Gasteiger partial charge in [0.05, 0.1) is 18.2 Å². The van der Waals surface area contributed by atoms with E-state index in [0.29, 0.717) is 0 Å². The van der Waals surface area contributed by atoms with Gasteiger partial charge in [-0.1, -0.05) is 6.07 Å². The Balaban J connectivity index is 2.46. The summed E-state index contributed by atoms with van der Waals surface area (Å²) < 4.78 is 2.03. The maximum atomic E-state index is 5.92. The minimum atomic E-state index is -0.0273. The Morgan fingerprint density at radius 1 is 1.35 bits per heavy atom. The molecule has 17 heavy (non-hydrogen) atoms. The molecule has 2 aromatic rings. The summed E-state index contributed by atoms with van der Waals surface area (Å²) in [7, 11) is 4.05. The number of rotatable bonds is 3. The van der Waals surface area contributed by atoms with Gasteiger partial charge in [-0.25, -0.2) is 4.98 Å². The standard InChI is InChI=1S/C13H18N4/c1-10(14)13-8-15-9-17(13)12-6-4-5-11(7-12)16(2)3/h4-10H,14H2,1-3H3/t10-/m1/s1. The fourth-order valence-electron chi connectivity index (χ4n) is 1.78. The topological polar surface area (TPSA) is 47.1 Å². The molecule has 4 heteroatoms. The predicted octanol–water partition coefficient (Wildman–Crippen LogP) is 1.96. The van der Waals surface area contributed by atoms with Gasteiger partial charge in [-0.3, -0.25) is 0 Å². The van der Waals surface area contributed by atoms with Gasteiger partial charge in [0.1, 0.15) is 0 Å². The van der Waals surface area contributed by atoms with Crippen molar-refractivity contribution < 1.29 is 0 Å². The zero-order chi connectivity index (χ0) is 12.4. The molecule has 0 amide bonds. The van der Waals surface area contributed by atoms with Crippen LogP contribution in [-0.2, 0) is 0 Å². The summed E-state index contributed by atoms with van der Waals surface area (Å²) in [6, 6.07) is 8.26. The molecule has 1 aromatic heterocycles. The van der Waals surface area contributed by atoms with E-state index in [9.17, 15) is 0 Å². The maximum Gasteiger partial charge on any atom is 0.0994 e. The number of aromatic nitrogens is 2. The molecule has 0 bridgehead atoms. The highest BCUT2D eigenvalue weighted by atomic mass is 15.1. The van der Waals surface area contributed by atoms with Gasteiger partial charge in [0.2, 0.25) is 0 Å². The molecule has 0 unspecified atom stereocenters. The first-order chi connectivity index (χ1) is 8.09. The summed E-state index contributed by atoms with van der Waals surface area (Å²) in [5, 5.41) is 0. The van der Waals surface area contributed by atoms with Crippen LogP contribution in [0.15, 0.2) is 36.8 Å². The van der Waals surface area contributed by atoms with E-state index in [0.717, 1.165) is 17.1 Å². The molecular formula is C13H18N4. The predicted molar refractivity (Wildman–Crippen MR) is 70.5 cm³/mol. The molecule has 1 heterocycles. The fraction of sp³-hybridized carbons (Fsp3) is 0.308. The van der Waals surface area contributed by atoms with E-state index in [1.165, 1.54) is 0 Å². The van der Waals surface area contributed by atoms with Crippen molar-refractivity contribution in [3.63, 3.8) is 0 Å². The summed E-state index contributed by atoms with van der Waals surface area (Å²) in [6.45, 7) is 1.96. The lowest BCUT2D eigenvalue weighted by Crippen LogP contribution is -2.12. The van der Waals surface area contributed by atoms with Gasteiger partial charge in [0.25, 0.3) is 0 Å². The molecule has 0 spiro atoms. The van der Waals surface area contributed by atoms with E-state index >= 15 is 0 Å². The van der Waals surface area contributed by atoms with Crippen LogP contribution in [0.2, 0.25) is 0 Å². The van der Waals surface area contributed by atoms with Crippen molar-refractivity contribution in [2.24, 2.45) is 5.73 Å². The van der Waals surface area contributed by atoms with Crippen LogP contribution in [0.25, 0.3) is 5.69 Å². The first-order valence-electron chi connectivity index (χ1n) is 5.65. The lowest BCUT2D eigenvalue weighted by molar-refractivity contribution is 0.752. The van der Waals surface area contributed by atoms with Gasteiger partial charge in [0, 0.05) is 31.5 Å². The third-order valence-corrected chi connectivity index (χ3v) is 2.76. The second kappa shape index (κ2) is 4.59. The van der Waals surface area contributed by atoms with Crippen LogP contribution < -0.4 is 10.6 Å². The van der Waals surface area contributed by atoms with Crippen LogP contribution in [-0.4, -0.2) is 23.6 Å². The Morgan fingerprint density at radius 2 is 2.12 bits per heavy atom. The maximum absolute atomic E-state index is 5.92. The van der Waals surface area contributed by atoms with E-state index in [1.807, 2.05) is 37.8 Å². The molecule has 1 aromatic carbocycles. The van der Waals surface area contributed by atoms with Crippen molar-refractivity contribution in [2.75, 3.05) is 19.0 Å². The zero-order valence-electron chi connectivity index (χ0n) is 10.5. The number of benzene rings is 1. The average Bonchev–Trinajstić information content (AvgIpc) is 2.78. The van der Waals surface area contributed by atoms with E-state index in [1.54, 1.807) is 6.33 Å². The molecule has 0 aliphatic carbocycles. The Kier molecular flexibility index (Phi) is 3.15. The Bertz CT molecular complexity index is 500. The molecule has 4 nitrogen and oxygen atoms in total. The highest BCUT2D eigenvalue weighted by Gasteiger charge is 2.08. The first-order valence-corrected chi connectivity index (χ1v) is 5.65. The van der Waals surface area contributed by atoms with Crippen molar-refractivity contribution in [2.45, 2.75) is 13.0 Å². The van der Waals surface area contributed by atoms with Crippen molar-refractivity contribution >= 4 is 5.69 Å². The number of nitrogens with two attached hydrogens (primary N) is 1. The molecule has 2 rings (SSSR count). The summed E-state index contributed by atoms with van der Waals surface area (Å²) in [4.78, 5) is 6.24. The van der Waals surface area contributed by atoms with E-state index in [-0.39, 0.29) is 6.04 Å². The van der Waals surface area contributed by atoms with E-state index in [4.69, 9.17) is 5.73 Å². The SMILES string of the molecule is C[C@@H](N)c1cncn1-c1cccc(N(C)C)c1. The molecule has 0 saturated heterocycles. The highest BCUT2D eigenvalue weighted by Crippen LogP contribution is 2.20. The molecule has 0 fully saturated rings. The summed E-state index contributed by atoms with van der Waals surface area (Å²) in [5.41, 5.74) is 9.18. The first kappa shape index (κ1) is 11.7. The van der Waals surface area contributed by atoms with Gasteiger partial charge in [-0.05, 0) is 25.1 Å². The quantitative estimate of drug-likeness (QED) is 0.876. The van der Waals surface area contributed by atoms with Crippen LogP contribution in [0.5, 0.6) is 0 Å². The van der Waals surface area contributed by atoms with Crippen LogP contribution in [0, 0.1) is 0 Å². The molecule has 0 aliphatic rings. The van der Waals surface area contributed by atoms with Crippen molar-refractivity contribution in [3.05, 3.63) is 42.5 Å². The molecular weight excluding hydrogens is 212 g/mol. The minimum absolute atomic E-state index is 0.0273. The monoisotopic (exact) mass is 230 g/mol. The van der Waals surface area contributed by atoms with Crippen molar-refractivity contribution in [1.29, 1.82) is 0 Å².